The molecule has 146 valence electrons. The van der Waals surface area contributed by atoms with Gasteiger partial charge in [-0.25, -0.2) is 0 Å². The summed E-state index contributed by atoms with van der Waals surface area (Å²) < 4.78 is 5.25. The topological polar surface area (TPSA) is 71.3 Å². The normalized spacial score (nSPS) is 14.9. The molecule has 1 fully saturated rings. The molecule has 0 bridgehead atoms. The smallest absolute Gasteiger partial charge is 0.227 e. The van der Waals surface area contributed by atoms with Gasteiger partial charge in [0.05, 0.1) is 4.88 Å². The number of aryl methyl sites for hydroxylation is 1. The van der Waals surface area contributed by atoms with Crippen molar-refractivity contribution in [2.75, 3.05) is 18.4 Å². The molecule has 0 aliphatic carbocycles. The third-order valence-corrected chi connectivity index (χ3v) is 5.71. The molecule has 0 unspecified atom stereocenters. The number of nitrogens with one attached hydrogen (secondary N) is 1. The summed E-state index contributed by atoms with van der Waals surface area (Å²) in [6.45, 7) is 3.26. The average Bonchev–Trinajstić information content (AvgIpc) is 3.39. The molecule has 1 aliphatic rings. The van der Waals surface area contributed by atoms with Crippen LogP contribution in [-0.4, -0.2) is 34.0 Å². The Labute approximate surface area is 168 Å². The summed E-state index contributed by atoms with van der Waals surface area (Å²) in [6, 6.07) is 12.0. The van der Waals surface area contributed by atoms with Gasteiger partial charge in [-0.05, 0) is 55.1 Å². The molecule has 4 rings (SSSR count). The molecule has 1 amide bonds. The van der Waals surface area contributed by atoms with Crippen LogP contribution in [0, 0.1) is 0 Å². The van der Waals surface area contributed by atoms with Crippen LogP contribution in [0.3, 0.4) is 0 Å². The predicted molar refractivity (Wildman–Crippen MR) is 110 cm³/mol. The van der Waals surface area contributed by atoms with Crippen LogP contribution >= 0.6 is 11.3 Å². The third-order valence-electron chi connectivity index (χ3n) is 4.84. The Hall–Kier alpha value is -2.51. The van der Waals surface area contributed by atoms with Gasteiger partial charge in [0.2, 0.25) is 17.6 Å². The van der Waals surface area contributed by atoms with Crippen LogP contribution in [0.15, 0.2) is 46.3 Å². The molecule has 2 aromatic heterocycles. The van der Waals surface area contributed by atoms with Gasteiger partial charge in [0.25, 0.3) is 0 Å². The maximum absolute atomic E-state index is 12.3. The fraction of sp³-hybridized carbons (Fsp3) is 0.381. The first-order valence-electron chi connectivity index (χ1n) is 9.74. The van der Waals surface area contributed by atoms with Crippen LogP contribution < -0.4 is 5.32 Å². The quantitative estimate of drug-likeness (QED) is 0.643. The fourth-order valence-electron chi connectivity index (χ4n) is 3.43. The van der Waals surface area contributed by atoms with Crippen molar-refractivity contribution in [2.45, 2.75) is 38.6 Å². The molecule has 1 aromatic carbocycles. The van der Waals surface area contributed by atoms with Gasteiger partial charge in [-0.3, -0.25) is 9.69 Å². The Balaban J connectivity index is 1.28. The molecule has 1 aliphatic heterocycles. The van der Waals surface area contributed by atoms with Gasteiger partial charge < -0.3 is 9.84 Å². The second-order valence-electron chi connectivity index (χ2n) is 7.07. The second-order valence-corrected chi connectivity index (χ2v) is 8.02. The van der Waals surface area contributed by atoms with E-state index in [2.05, 4.69) is 32.5 Å². The SMILES string of the molecule is O=C(CCc1nc(-c2cccs2)no1)Nc1cccc(CN2CCCCC2)c1. The van der Waals surface area contributed by atoms with Crippen LogP contribution in [-0.2, 0) is 17.8 Å². The van der Waals surface area contributed by atoms with Crippen LogP contribution in [0.1, 0.15) is 37.1 Å². The largest absolute Gasteiger partial charge is 0.339 e. The summed E-state index contributed by atoms with van der Waals surface area (Å²) in [6.07, 6.45) is 4.63. The lowest BCUT2D eigenvalue weighted by Crippen LogP contribution is -2.29. The highest BCUT2D eigenvalue weighted by molar-refractivity contribution is 7.13. The van der Waals surface area contributed by atoms with Gasteiger partial charge in [-0.2, -0.15) is 4.98 Å². The highest BCUT2D eigenvalue weighted by Gasteiger charge is 2.13. The van der Waals surface area contributed by atoms with Crippen molar-refractivity contribution in [3.8, 4) is 10.7 Å². The molecule has 1 saturated heterocycles. The minimum atomic E-state index is -0.0500. The molecular formula is C21H24N4O2S. The zero-order valence-corrected chi connectivity index (χ0v) is 16.6. The number of thiophene rings is 1. The van der Waals surface area contributed by atoms with E-state index in [1.165, 1.54) is 24.8 Å². The standard InChI is InChI=1S/C21H24N4O2S/c26-19(9-10-20-23-21(24-27-20)18-8-5-13-28-18)22-17-7-4-6-16(14-17)15-25-11-2-1-3-12-25/h4-8,13-14H,1-3,9-12,15H2,(H,22,26). The minimum Gasteiger partial charge on any atom is -0.339 e. The molecule has 7 heteroatoms. The summed E-state index contributed by atoms with van der Waals surface area (Å²) in [7, 11) is 0. The third kappa shape index (κ3) is 5.05. The van der Waals surface area contributed by atoms with Crippen LogP contribution in [0.4, 0.5) is 5.69 Å². The van der Waals surface area contributed by atoms with Crippen molar-refractivity contribution in [3.05, 3.63) is 53.2 Å². The van der Waals surface area contributed by atoms with Crippen molar-refractivity contribution in [1.82, 2.24) is 15.0 Å². The zero-order chi connectivity index (χ0) is 19.2. The number of rotatable bonds is 7. The fourth-order valence-corrected chi connectivity index (χ4v) is 4.08. The Kier molecular flexibility index (Phi) is 6.14. The minimum absolute atomic E-state index is 0.0500. The van der Waals surface area contributed by atoms with Gasteiger partial charge in [0.1, 0.15) is 0 Å². The van der Waals surface area contributed by atoms with Crippen molar-refractivity contribution in [3.63, 3.8) is 0 Å². The number of hydrogen-bond donors (Lipinski definition) is 1. The Morgan fingerprint density at radius 1 is 1.18 bits per heavy atom. The lowest BCUT2D eigenvalue weighted by molar-refractivity contribution is -0.116. The maximum Gasteiger partial charge on any atom is 0.227 e. The number of nitrogens with zero attached hydrogens (tertiary/aromatic N) is 3. The number of amides is 1. The first kappa shape index (κ1) is 18.8. The van der Waals surface area contributed by atoms with E-state index < -0.39 is 0 Å². The zero-order valence-electron chi connectivity index (χ0n) is 15.8. The number of carbonyl (C=O) groups excluding carboxylic acids is 1. The Bertz CT molecular complexity index is 901. The maximum atomic E-state index is 12.3. The van der Waals surface area contributed by atoms with Crippen molar-refractivity contribution < 1.29 is 9.32 Å². The van der Waals surface area contributed by atoms with E-state index in [0.717, 1.165) is 30.2 Å². The number of likely N-dealkylation sites (tertiary alicyclic amines) is 1. The molecule has 3 heterocycles. The molecule has 0 atom stereocenters. The van der Waals surface area contributed by atoms with E-state index in [1.54, 1.807) is 11.3 Å². The van der Waals surface area contributed by atoms with Crippen molar-refractivity contribution >= 4 is 22.9 Å². The lowest BCUT2D eigenvalue weighted by atomic mass is 10.1. The number of hydrogen-bond acceptors (Lipinski definition) is 6. The molecule has 3 aromatic rings. The first-order chi connectivity index (χ1) is 13.8. The monoisotopic (exact) mass is 396 g/mol. The molecule has 6 nitrogen and oxygen atoms in total. The molecule has 0 radical (unpaired) electrons. The number of carbonyl (C=O) groups is 1. The predicted octanol–water partition coefficient (Wildman–Crippen LogP) is 4.36. The van der Waals surface area contributed by atoms with Crippen LogP contribution in [0.2, 0.25) is 0 Å². The molecule has 28 heavy (non-hydrogen) atoms. The van der Waals surface area contributed by atoms with Crippen molar-refractivity contribution in [2.24, 2.45) is 0 Å². The van der Waals surface area contributed by atoms with Crippen LogP contribution in [0.25, 0.3) is 10.7 Å². The number of anilines is 1. The highest BCUT2D eigenvalue weighted by atomic mass is 32.1. The lowest BCUT2D eigenvalue weighted by Gasteiger charge is -2.26. The molecule has 0 saturated carbocycles. The highest BCUT2D eigenvalue weighted by Crippen LogP contribution is 2.21. The summed E-state index contributed by atoms with van der Waals surface area (Å²) >= 11 is 1.56. The van der Waals surface area contributed by atoms with Gasteiger partial charge >= 0.3 is 0 Å². The summed E-state index contributed by atoms with van der Waals surface area (Å²) in [4.78, 5) is 20.1. The first-order valence-corrected chi connectivity index (χ1v) is 10.6. The van der Waals surface area contributed by atoms with Gasteiger partial charge in [0.15, 0.2) is 0 Å². The van der Waals surface area contributed by atoms with Gasteiger partial charge in [-0.1, -0.05) is 29.8 Å². The molecule has 0 spiro atoms. The van der Waals surface area contributed by atoms with Crippen LogP contribution in [0.5, 0.6) is 0 Å². The van der Waals surface area contributed by atoms with Gasteiger partial charge in [-0.15, -0.1) is 11.3 Å². The summed E-state index contributed by atoms with van der Waals surface area (Å²) in [5, 5.41) is 8.92. The Morgan fingerprint density at radius 2 is 2.07 bits per heavy atom. The summed E-state index contributed by atoms with van der Waals surface area (Å²) in [5.74, 6) is 1.01. The molecular weight excluding hydrogens is 372 g/mol. The van der Waals surface area contributed by atoms with E-state index in [0.29, 0.717) is 24.6 Å². The number of aromatic nitrogens is 2. The second kappa shape index (κ2) is 9.12. The van der Waals surface area contributed by atoms with E-state index >= 15 is 0 Å². The van der Waals surface area contributed by atoms with E-state index in [9.17, 15) is 4.79 Å². The number of benzene rings is 1. The van der Waals surface area contributed by atoms with Gasteiger partial charge in [0, 0.05) is 25.1 Å². The Morgan fingerprint density at radius 3 is 2.89 bits per heavy atom. The summed E-state index contributed by atoms with van der Waals surface area (Å²) in [5.41, 5.74) is 2.07. The van der Waals surface area contributed by atoms with E-state index in [4.69, 9.17) is 4.52 Å². The molecule has 1 N–H and O–H groups in total. The van der Waals surface area contributed by atoms with Crippen molar-refractivity contribution in [1.29, 1.82) is 0 Å². The van der Waals surface area contributed by atoms with E-state index in [-0.39, 0.29) is 5.91 Å². The van der Waals surface area contributed by atoms with E-state index in [1.807, 2.05) is 29.6 Å². The average molecular weight is 397 g/mol. The number of piperidine rings is 1.